The Morgan fingerprint density at radius 3 is 2.61 bits per heavy atom. The molecule has 0 aliphatic rings. The number of halogens is 4. The van der Waals surface area contributed by atoms with Crippen molar-refractivity contribution in [2.24, 2.45) is 5.73 Å². The van der Waals surface area contributed by atoms with Crippen molar-refractivity contribution >= 4 is 15.9 Å². The molecule has 1 aromatic rings. The molecule has 0 radical (unpaired) electrons. The van der Waals surface area contributed by atoms with Crippen LogP contribution in [-0.2, 0) is 0 Å². The number of ether oxygens (including phenoxy) is 1. The van der Waals surface area contributed by atoms with Crippen LogP contribution in [0.5, 0.6) is 5.75 Å². The summed E-state index contributed by atoms with van der Waals surface area (Å²) in [6, 6.07) is 5.05. The predicted molar refractivity (Wildman–Crippen MR) is 67.5 cm³/mol. The Kier molecular flexibility index (Phi) is 5.47. The lowest BCUT2D eigenvalue weighted by Crippen LogP contribution is -2.11. The second kappa shape index (κ2) is 6.43. The molecule has 0 aromatic heterocycles. The van der Waals surface area contributed by atoms with Gasteiger partial charge < -0.3 is 10.5 Å². The summed E-state index contributed by atoms with van der Waals surface area (Å²) in [6.45, 7) is 1.82. The summed E-state index contributed by atoms with van der Waals surface area (Å²) in [7, 11) is 0. The zero-order valence-electron chi connectivity index (χ0n) is 9.93. The fraction of sp³-hybridized carbons (Fsp3) is 0.500. The fourth-order valence-corrected chi connectivity index (χ4v) is 1.84. The maximum Gasteiger partial charge on any atom is 0.389 e. The van der Waals surface area contributed by atoms with Crippen molar-refractivity contribution in [3.63, 3.8) is 0 Å². The highest BCUT2D eigenvalue weighted by Gasteiger charge is 2.26. The summed E-state index contributed by atoms with van der Waals surface area (Å²) in [6.07, 6.45) is -5.03. The lowest BCUT2D eigenvalue weighted by Gasteiger charge is -2.14. The Balaban J connectivity index is 2.57. The Morgan fingerprint density at radius 2 is 2.06 bits per heavy atom. The lowest BCUT2D eigenvalue weighted by molar-refractivity contribution is -0.136. The highest BCUT2D eigenvalue weighted by Crippen LogP contribution is 2.28. The summed E-state index contributed by atoms with van der Waals surface area (Å²) in [5.41, 5.74) is 6.55. The van der Waals surface area contributed by atoms with Gasteiger partial charge in [-0.3, -0.25) is 0 Å². The molecule has 0 heterocycles. The molecule has 18 heavy (non-hydrogen) atoms. The molecule has 1 aromatic carbocycles. The van der Waals surface area contributed by atoms with Crippen LogP contribution in [0.25, 0.3) is 0 Å². The van der Waals surface area contributed by atoms with Crippen molar-refractivity contribution in [2.75, 3.05) is 6.61 Å². The minimum atomic E-state index is -4.13. The maximum atomic E-state index is 12.0. The van der Waals surface area contributed by atoms with Crippen LogP contribution in [0, 0.1) is 0 Å². The SMILES string of the molecule is C[C@H](N)c1cc(Br)ccc1OCCCC(F)(F)F. The quantitative estimate of drug-likeness (QED) is 0.824. The third-order valence-electron chi connectivity index (χ3n) is 2.32. The summed E-state index contributed by atoms with van der Waals surface area (Å²) in [5.74, 6) is 0.537. The van der Waals surface area contributed by atoms with Crippen LogP contribution in [0.1, 0.15) is 31.4 Å². The van der Waals surface area contributed by atoms with Gasteiger partial charge in [0, 0.05) is 22.5 Å². The van der Waals surface area contributed by atoms with E-state index in [2.05, 4.69) is 15.9 Å². The second-order valence-electron chi connectivity index (χ2n) is 4.04. The average molecular weight is 326 g/mol. The Hall–Kier alpha value is -0.750. The molecule has 2 nitrogen and oxygen atoms in total. The molecule has 0 saturated heterocycles. The smallest absolute Gasteiger partial charge is 0.389 e. The zero-order valence-corrected chi connectivity index (χ0v) is 11.5. The monoisotopic (exact) mass is 325 g/mol. The van der Waals surface area contributed by atoms with Crippen LogP contribution in [0.3, 0.4) is 0 Å². The number of rotatable bonds is 5. The molecule has 1 rings (SSSR count). The van der Waals surface area contributed by atoms with Gasteiger partial charge in [0.25, 0.3) is 0 Å². The molecule has 0 aliphatic heterocycles. The normalized spacial score (nSPS) is 13.4. The molecular formula is C12H15BrF3NO. The molecule has 0 saturated carbocycles. The van der Waals surface area contributed by atoms with Gasteiger partial charge in [0.2, 0.25) is 0 Å². The average Bonchev–Trinajstić information content (AvgIpc) is 2.24. The number of nitrogens with two attached hydrogens (primary N) is 1. The van der Waals surface area contributed by atoms with Gasteiger partial charge in [0.15, 0.2) is 0 Å². The molecule has 0 aliphatic carbocycles. The van der Waals surface area contributed by atoms with E-state index in [1.54, 1.807) is 19.1 Å². The van der Waals surface area contributed by atoms with Crippen molar-refractivity contribution in [2.45, 2.75) is 32.0 Å². The van der Waals surface area contributed by atoms with E-state index in [9.17, 15) is 13.2 Å². The van der Waals surface area contributed by atoms with Gasteiger partial charge in [0.05, 0.1) is 6.61 Å². The first-order valence-corrected chi connectivity index (χ1v) is 6.33. The van der Waals surface area contributed by atoms with Gasteiger partial charge in [0.1, 0.15) is 5.75 Å². The van der Waals surface area contributed by atoms with Crippen LogP contribution in [0.2, 0.25) is 0 Å². The second-order valence-corrected chi connectivity index (χ2v) is 4.95. The van der Waals surface area contributed by atoms with Crippen LogP contribution < -0.4 is 10.5 Å². The largest absolute Gasteiger partial charge is 0.493 e. The van der Waals surface area contributed by atoms with Crippen molar-refractivity contribution in [1.29, 1.82) is 0 Å². The van der Waals surface area contributed by atoms with Crippen molar-refractivity contribution < 1.29 is 17.9 Å². The highest BCUT2D eigenvalue weighted by molar-refractivity contribution is 9.10. The van der Waals surface area contributed by atoms with E-state index in [4.69, 9.17) is 10.5 Å². The van der Waals surface area contributed by atoms with Gasteiger partial charge >= 0.3 is 6.18 Å². The lowest BCUT2D eigenvalue weighted by atomic mass is 10.1. The maximum absolute atomic E-state index is 12.0. The Labute approximate surface area is 112 Å². The summed E-state index contributed by atoms with van der Waals surface area (Å²) < 4.78 is 42.1. The molecule has 0 bridgehead atoms. The molecule has 0 spiro atoms. The number of hydrogen-bond acceptors (Lipinski definition) is 2. The van der Waals surface area contributed by atoms with Gasteiger partial charge in [-0.15, -0.1) is 0 Å². The fourth-order valence-electron chi connectivity index (χ4n) is 1.46. The van der Waals surface area contributed by atoms with Gasteiger partial charge in [-0.2, -0.15) is 13.2 Å². The molecule has 102 valence electrons. The molecule has 2 N–H and O–H groups in total. The highest BCUT2D eigenvalue weighted by atomic mass is 79.9. The molecule has 6 heteroatoms. The molecule has 0 unspecified atom stereocenters. The third kappa shape index (κ3) is 5.27. The van der Waals surface area contributed by atoms with E-state index < -0.39 is 12.6 Å². The zero-order chi connectivity index (χ0) is 13.8. The van der Waals surface area contributed by atoms with E-state index in [-0.39, 0.29) is 19.1 Å². The van der Waals surface area contributed by atoms with Gasteiger partial charge in [-0.05, 0) is 31.5 Å². The number of alkyl halides is 3. The molecule has 0 fully saturated rings. The first kappa shape index (κ1) is 15.3. The molecule has 0 amide bonds. The Bertz CT molecular complexity index is 393. The predicted octanol–water partition coefficient (Wildman–Crippen LogP) is 4.19. The first-order valence-electron chi connectivity index (χ1n) is 5.54. The topological polar surface area (TPSA) is 35.2 Å². The molecule has 1 atom stereocenters. The van der Waals surface area contributed by atoms with Crippen LogP contribution in [0.4, 0.5) is 13.2 Å². The van der Waals surface area contributed by atoms with E-state index >= 15 is 0 Å². The minimum absolute atomic E-state index is 0.0286. The Morgan fingerprint density at radius 1 is 1.39 bits per heavy atom. The van der Waals surface area contributed by atoms with E-state index in [0.29, 0.717) is 5.75 Å². The summed E-state index contributed by atoms with van der Waals surface area (Å²) >= 11 is 3.31. The first-order chi connectivity index (χ1) is 8.29. The van der Waals surface area contributed by atoms with Gasteiger partial charge in [-0.25, -0.2) is 0 Å². The van der Waals surface area contributed by atoms with Crippen molar-refractivity contribution in [3.05, 3.63) is 28.2 Å². The minimum Gasteiger partial charge on any atom is -0.493 e. The third-order valence-corrected chi connectivity index (χ3v) is 2.82. The van der Waals surface area contributed by atoms with E-state index in [1.807, 2.05) is 6.07 Å². The van der Waals surface area contributed by atoms with Crippen LogP contribution in [-0.4, -0.2) is 12.8 Å². The van der Waals surface area contributed by atoms with Crippen LogP contribution >= 0.6 is 15.9 Å². The van der Waals surface area contributed by atoms with E-state index in [1.165, 1.54) is 0 Å². The van der Waals surface area contributed by atoms with Gasteiger partial charge in [-0.1, -0.05) is 15.9 Å². The number of benzene rings is 1. The molecular weight excluding hydrogens is 311 g/mol. The van der Waals surface area contributed by atoms with Crippen molar-refractivity contribution in [3.8, 4) is 5.75 Å². The summed E-state index contributed by atoms with van der Waals surface area (Å²) in [5, 5.41) is 0. The van der Waals surface area contributed by atoms with Crippen molar-refractivity contribution in [1.82, 2.24) is 0 Å². The van der Waals surface area contributed by atoms with E-state index in [0.717, 1.165) is 10.0 Å². The number of hydrogen-bond donors (Lipinski definition) is 1. The van der Waals surface area contributed by atoms with Crippen LogP contribution in [0.15, 0.2) is 22.7 Å². The summed E-state index contributed by atoms with van der Waals surface area (Å²) in [4.78, 5) is 0. The standard InChI is InChI=1S/C12H15BrF3NO/c1-8(17)10-7-9(13)3-4-11(10)18-6-2-5-12(14,15)16/h3-4,7-8H,2,5-6,17H2,1H3/t8-/m0/s1.